The second kappa shape index (κ2) is 6.64. The third-order valence-corrected chi connectivity index (χ3v) is 3.82. The van der Waals surface area contributed by atoms with Crippen LogP contribution in [0, 0.1) is 0 Å². The molecule has 7 nitrogen and oxygen atoms in total. The van der Waals surface area contributed by atoms with Crippen molar-refractivity contribution in [1.29, 1.82) is 0 Å². The van der Waals surface area contributed by atoms with Gasteiger partial charge in [0.25, 0.3) is 11.8 Å². The van der Waals surface area contributed by atoms with E-state index in [1.54, 1.807) is 42.5 Å². The maximum Gasteiger partial charge on any atom is 0.262 e. The Morgan fingerprint density at radius 2 is 1.48 bits per heavy atom. The number of benzene rings is 2. The molecule has 0 unspecified atom stereocenters. The van der Waals surface area contributed by atoms with Gasteiger partial charge in [-0.2, -0.15) is 0 Å². The van der Waals surface area contributed by atoms with E-state index in [0.29, 0.717) is 28.3 Å². The summed E-state index contributed by atoms with van der Waals surface area (Å²) in [5.41, 5.74) is 1.06. The molecule has 0 bridgehead atoms. The molecule has 0 fully saturated rings. The van der Waals surface area contributed by atoms with Gasteiger partial charge in [-0.05, 0) is 12.1 Å². The summed E-state index contributed by atoms with van der Waals surface area (Å²) < 4.78 is 10.3. The van der Waals surface area contributed by atoms with Crippen LogP contribution in [0.3, 0.4) is 0 Å². The Labute approximate surface area is 144 Å². The quantitative estimate of drug-likeness (QED) is 0.841. The molecule has 0 aliphatic carbocycles. The van der Waals surface area contributed by atoms with Crippen LogP contribution in [0.1, 0.15) is 20.7 Å². The number of hydrogen-bond acceptors (Lipinski definition) is 5. The van der Waals surface area contributed by atoms with Crippen LogP contribution >= 0.6 is 0 Å². The summed E-state index contributed by atoms with van der Waals surface area (Å²) in [5.74, 6) is -0.423. The van der Waals surface area contributed by atoms with Gasteiger partial charge < -0.3 is 14.8 Å². The summed E-state index contributed by atoms with van der Waals surface area (Å²) in [7, 11) is 3.00. The number of fused-ring (bicyclic) bond motifs is 1. The van der Waals surface area contributed by atoms with Gasteiger partial charge >= 0.3 is 0 Å². The Bertz CT molecular complexity index is 805. The van der Waals surface area contributed by atoms with Crippen molar-refractivity contribution >= 4 is 23.4 Å². The molecule has 0 spiro atoms. The van der Waals surface area contributed by atoms with Crippen LogP contribution in [0.2, 0.25) is 0 Å². The number of ether oxygens (including phenoxy) is 2. The molecule has 3 rings (SSSR count). The fraction of sp³-hybridized carbons (Fsp3) is 0.167. The van der Waals surface area contributed by atoms with E-state index in [2.05, 4.69) is 5.32 Å². The number of nitrogens with zero attached hydrogens (tertiary/aromatic N) is 1. The van der Waals surface area contributed by atoms with Crippen molar-refractivity contribution in [3.63, 3.8) is 0 Å². The topological polar surface area (TPSA) is 84.9 Å². The minimum atomic E-state index is -0.496. The highest BCUT2D eigenvalue weighted by Gasteiger charge is 2.36. The molecule has 1 aliphatic heterocycles. The van der Waals surface area contributed by atoms with Crippen molar-refractivity contribution in [1.82, 2.24) is 4.90 Å². The lowest BCUT2D eigenvalue weighted by Gasteiger charge is -2.14. The Balaban J connectivity index is 1.74. The highest BCUT2D eigenvalue weighted by molar-refractivity contribution is 6.22. The lowest BCUT2D eigenvalue weighted by atomic mass is 10.1. The predicted molar refractivity (Wildman–Crippen MR) is 90.0 cm³/mol. The van der Waals surface area contributed by atoms with Gasteiger partial charge in [0, 0.05) is 23.9 Å². The van der Waals surface area contributed by atoms with Gasteiger partial charge in [-0.3, -0.25) is 19.3 Å². The molecule has 0 saturated heterocycles. The normalized spacial score (nSPS) is 12.8. The van der Waals surface area contributed by atoms with Gasteiger partial charge in [-0.15, -0.1) is 0 Å². The van der Waals surface area contributed by atoms with Crippen molar-refractivity contribution in [2.24, 2.45) is 0 Å². The first-order chi connectivity index (χ1) is 12.0. The molecule has 3 amide bonds. The van der Waals surface area contributed by atoms with Crippen molar-refractivity contribution in [3.05, 3.63) is 53.6 Å². The van der Waals surface area contributed by atoms with Crippen molar-refractivity contribution < 1.29 is 23.9 Å². The van der Waals surface area contributed by atoms with E-state index >= 15 is 0 Å². The second-order valence-electron chi connectivity index (χ2n) is 5.39. The van der Waals surface area contributed by atoms with E-state index in [0.717, 1.165) is 4.90 Å². The number of rotatable bonds is 5. The number of methoxy groups -OCH3 is 2. The Morgan fingerprint density at radius 3 is 1.96 bits per heavy atom. The highest BCUT2D eigenvalue weighted by Crippen LogP contribution is 2.26. The summed E-state index contributed by atoms with van der Waals surface area (Å²) in [4.78, 5) is 37.8. The van der Waals surface area contributed by atoms with E-state index in [4.69, 9.17) is 9.47 Å². The fourth-order valence-electron chi connectivity index (χ4n) is 2.61. The molecule has 7 heteroatoms. The molecule has 2 aromatic rings. The average molecular weight is 340 g/mol. The Kier molecular flexibility index (Phi) is 4.38. The minimum Gasteiger partial charge on any atom is -0.497 e. The predicted octanol–water partition coefficient (Wildman–Crippen LogP) is 1.94. The summed E-state index contributed by atoms with van der Waals surface area (Å²) in [6.07, 6.45) is 0. The molecule has 128 valence electrons. The zero-order chi connectivity index (χ0) is 18.0. The first kappa shape index (κ1) is 16.5. The fourth-order valence-corrected chi connectivity index (χ4v) is 2.61. The van der Waals surface area contributed by atoms with Gasteiger partial charge in [0.05, 0.1) is 25.3 Å². The number of nitrogens with one attached hydrogen (secondary N) is 1. The first-order valence-electron chi connectivity index (χ1n) is 7.51. The summed E-state index contributed by atoms with van der Waals surface area (Å²) in [5, 5.41) is 2.64. The van der Waals surface area contributed by atoms with E-state index in [1.807, 2.05) is 0 Å². The van der Waals surface area contributed by atoms with E-state index in [9.17, 15) is 14.4 Å². The molecule has 25 heavy (non-hydrogen) atoms. The molecule has 0 aromatic heterocycles. The maximum absolute atomic E-state index is 12.3. The van der Waals surface area contributed by atoms with E-state index in [-0.39, 0.29) is 6.54 Å². The zero-order valence-electron chi connectivity index (χ0n) is 13.7. The largest absolute Gasteiger partial charge is 0.497 e. The molecular weight excluding hydrogens is 324 g/mol. The van der Waals surface area contributed by atoms with Crippen LogP contribution in [0.4, 0.5) is 5.69 Å². The summed E-state index contributed by atoms with van der Waals surface area (Å²) in [6, 6.07) is 11.4. The van der Waals surface area contributed by atoms with Crippen molar-refractivity contribution in [2.45, 2.75) is 0 Å². The Morgan fingerprint density at radius 1 is 0.960 bits per heavy atom. The number of imide groups is 1. The van der Waals surface area contributed by atoms with Crippen LogP contribution in [0.5, 0.6) is 11.5 Å². The number of hydrogen-bond donors (Lipinski definition) is 1. The van der Waals surface area contributed by atoms with Crippen LogP contribution in [0.25, 0.3) is 0 Å². The third kappa shape index (κ3) is 3.16. The zero-order valence-corrected chi connectivity index (χ0v) is 13.7. The van der Waals surface area contributed by atoms with Gasteiger partial charge in [0.15, 0.2) is 0 Å². The highest BCUT2D eigenvalue weighted by atomic mass is 16.5. The van der Waals surface area contributed by atoms with Crippen molar-refractivity contribution in [3.8, 4) is 11.5 Å². The molecule has 0 atom stereocenters. The molecular formula is C18H16N2O5. The smallest absolute Gasteiger partial charge is 0.262 e. The molecule has 1 aliphatic rings. The summed E-state index contributed by atoms with van der Waals surface area (Å²) in [6.45, 7) is -0.369. The number of anilines is 1. The van der Waals surface area contributed by atoms with Crippen molar-refractivity contribution in [2.75, 3.05) is 26.1 Å². The third-order valence-electron chi connectivity index (χ3n) is 3.82. The van der Waals surface area contributed by atoms with Crippen LogP contribution in [-0.2, 0) is 4.79 Å². The van der Waals surface area contributed by atoms with E-state index in [1.165, 1.54) is 14.2 Å². The maximum atomic E-state index is 12.3. The second-order valence-corrected chi connectivity index (χ2v) is 5.39. The first-order valence-corrected chi connectivity index (χ1v) is 7.51. The molecule has 0 radical (unpaired) electrons. The molecule has 2 aromatic carbocycles. The lowest BCUT2D eigenvalue weighted by Crippen LogP contribution is -2.37. The molecule has 0 saturated carbocycles. The number of amides is 3. The SMILES string of the molecule is COc1cc(NC(=O)CN2C(=O)c3ccccc3C2=O)cc(OC)c1. The standard InChI is InChI=1S/C18H16N2O5/c1-24-12-7-11(8-13(9-12)25-2)19-16(21)10-20-17(22)14-5-3-4-6-15(14)18(20)23/h3-9H,10H2,1-2H3,(H,19,21). The van der Waals surface area contributed by atoms with Gasteiger partial charge in [-0.1, -0.05) is 12.1 Å². The Hall–Kier alpha value is -3.35. The molecule has 1 heterocycles. The molecule has 1 N–H and O–H groups in total. The van der Waals surface area contributed by atoms with Gasteiger partial charge in [0.1, 0.15) is 18.0 Å². The average Bonchev–Trinajstić information content (AvgIpc) is 2.86. The summed E-state index contributed by atoms with van der Waals surface area (Å²) >= 11 is 0. The van der Waals surface area contributed by atoms with Crippen LogP contribution in [0.15, 0.2) is 42.5 Å². The minimum absolute atomic E-state index is 0.309. The lowest BCUT2D eigenvalue weighted by molar-refractivity contribution is -0.116. The number of carbonyl (C=O) groups excluding carboxylic acids is 3. The van der Waals surface area contributed by atoms with E-state index < -0.39 is 17.7 Å². The number of carbonyl (C=O) groups is 3. The van der Waals surface area contributed by atoms with Crippen LogP contribution < -0.4 is 14.8 Å². The van der Waals surface area contributed by atoms with Gasteiger partial charge in [0.2, 0.25) is 5.91 Å². The van der Waals surface area contributed by atoms with Crippen LogP contribution in [-0.4, -0.2) is 43.4 Å². The van der Waals surface area contributed by atoms with Gasteiger partial charge in [-0.25, -0.2) is 0 Å². The monoisotopic (exact) mass is 340 g/mol.